The van der Waals surface area contributed by atoms with Gasteiger partial charge in [0.2, 0.25) is 0 Å². The molecule has 0 atom stereocenters. The number of hydrogen-bond donors (Lipinski definition) is 1. The van der Waals surface area contributed by atoms with Gasteiger partial charge >= 0.3 is 0 Å². The first-order valence-corrected chi connectivity index (χ1v) is 7.02. The van der Waals surface area contributed by atoms with E-state index in [-0.39, 0.29) is 0 Å². The van der Waals surface area contributed by atoms with Crippen molar-refractivity contribution in [2.75, 3.05) is 17.7 Å². The smallest absolute Gasteiger partial charge is 0.0408 e. The fraction of sp³-hybridized carbons (Fsp3) is 0.600. The van der Waals surface area contributed by atoms with Crippen LogP contribution in [0.4, 0.5) is 5.69 Å². The van der Waals surface area contributed by atoms with Crippen LogP contribution in [-0.4, -0.2) is 12.4 Å². The standard InChI is InChI=1S/C15H22ClN/c1-11-9-12(5-4-7-16)10-13-14(11)17-8-6-15(13,2)3/h9-10,17H,4-8H2,1-3H3. The van der Waals surface area contributed by atoms with E-state index >= 15 is 0 Å². The number of rotatable bonds is 3. The Morgan fingerprint density at radius 2 is 2.12 bits per heavy atom. The molecule has 94 valence electrons. The van der Waals surface area contributed by atoms with E-state index in [1.165, 1.54) is 28.8 Å². The van der Waals surface area contributed by atoms with Crippen molar-refractivity contribution in [3.63, 3.8) is 0 Å². The summed E-state index contributed by atoms with van der Waals surface area (Å²) in [5, 5.41) is 3.54. The number of fused-ring (bicyclic) bond motifs is 1. The number of hydrogen-bond acceptors (Lipinski definition) is 1. The van der Waals surface area contributed by atoms with Gasteiger partial charge < -0.3 is 5.32 Å². The summed E-state index contributed by atoms with van der Waals surface area (Å²) in [6, 6.07) is 4.68. The van der Waals surface area contributed by atoms with Crippen LogP contribution >= 0.6 is 11.6 Å². The summed E-state index contributed by atoms with van der Waals surface area (Å²) in [6.07, 6.45) is 3.36. The van der Waals surface area contributed by atoms with Gasteiger partial charge in [-0.25, -0.2) is 0 Å². The monoisotopic (exact) mass is 251 g/mol. The lowest BCUT2D eigenvalue weighted by atomic mass is 9.76. The Hall–Kier alpha value is -0.690. The molecular formula is C15H22ClN. The fourth-order valence-corrected chi connectivity index (χ4v) is 2.81. The lowest BCUT2D eigenvalue weighted by Crippen LogP contribution is -2.29. The molecule has 17 heavy (non-hydrogen) atoms. The molecule has 1 nitrogen and oxygen atoms in total. The Morgan fingerprint density at radius 1 is 1.35 bits per heavy atom. The molecule has 1 aliphatic heterocycles. The molecule has 1 aliphatic rings. The first-order chi connectivity index (χ1) is 8.04. The highest BCUT2D eigenvalue weighted by Gasteiger charge is 2.28. The average Bonchev–Trinajstić information content (AvgIpc) is 2.27. The van der Waals surface area contributed by atoms with Crippen LogP contribution in [0.5, 0.6) is 0 Å². The minimum Gasteiger partial charge on any atom is -0.385 e. The van der Waals surface area contributed by atoms with E-state index in [0.29, 0.717) is 5.41 Å². The topological polar surface area (TPSA) is 12.0 Å². The van der Waals surface area contributed by atoms with Crippen LogP contribution in [0.2, 0.25) is 0 Å². The molecule has 0 aromatic heterocycles. The molecular weight excluding hydrogens is 230 g/mol. The van der Waals surface area contributed by atoms with Crippen LogP contribution in [0.15, 0.2) is 12.1 Å². The Bertz CT molecular complexity index is 410. The zero-order chi connectivity index (χ0) is 12.5. The molecule has 0 saturated carbocycles. The molecule has 2 rings (SSSR count). The predicted octanol–water partition coefficient (Wildman–Crippen LogP) is 4.26. The summed E-state index contributed by atoms with van der Waals surface area (Å²) < 4.78 is 0. The second-order valence-electron chi connectivity index (χ2n) is 5.69. The maximum Gasteiger partial charge on any atom is 0.0408 e. The maximum absolute atomic E-state index is 5.78. The Morgan fingerprint density at radius 3 is 2.82 bits per heavy atom. The van der Waals surface area contributed by atoms with Gasteiger partial charge in [0.05, 0.1) is 0 Å². The van der Waals surface area contributed by atoms with Crippen molar-refractivity contribution in [3.8, 4) is 0 Å². The van der Waals surface area contributed by atoms with E-state index in [2.05, 4.69) is 38.2 Å². The van der Waals surface area contributed by atoms with Gasteiger partial charge in [-0.3, -0.25) is 0 Å². The first-order valence-electron chi connectivity index (χ1n) is 6.48. The van der Waals surface area contributed by atoms with Crippen molar-refractivity contribution in [1.82, 2.24) is 0 Å². The van der Waals surface area contributed by atoms with Crippen molar-refractivity contribution in [1.29, 1.82) is 0 Å². The third kappa shape index (κ3) is 2.60. The number of aryl methyl sites for hydroxylation is 2. The molecule has 1 aromatic rings. The highest BCUT2D eigenvalue weighted by molar-refractivity contribution is 6.17. The van der Waals surface area contributed by atoms with Crippen LogP contribution in [0.1, 0.15) is 43.4 Å². The molecule has 0 amide bonds. The number of alkyl halides is 1. The number of nitrogens with one attached hydrogen (secondary N) is 1. The van der Waals surface area contributed by atoms with Crippen molar-refractivity contribution in [2.45, 2.75) is 45.4 Å². The average molecular weight is 252 g/mol. The van der Waals surface area contributed by atoms with Crippen molar-refractivity contribution < 1.29 is 0 Å². The van der Waals surface area contributed by atoms with Gasteiger partial charge in [0, 0.05) is 18.1 Å². The van der Waals surface area contributed by atoms with Gasteiger partial charge in [-0.15, -0.1) is 11.6 Å². The van der Waals surface area contributed by atoms with Crippen LogP contribution in [-0.2, 0) is 11.8 Å². The molecule has 0 fully saturated rings. The van der Waals surface area contributed by atoms with Gasteiger partial charge in [-0.1, -0.05) is 26.0 Å². The van der Waals surface area contributed by atoms with E-state index in [1.807, 2.05) is 0 Å². The Balaban J connectivity index is 2.39. The highest BCUT2D eigenvalue weighted by Crippen LogP contribution is 2.39. The third-order valence-electron chi connectivity index (χ3n) is 3.78. The number of halogens is 1. The summed E-state index contributed by atoms with van der Waals surface area (Å²) in [5.74, 6) is 0.748. The largest absolute Gasteiger partial charge is 0.385 e. The Labute approximate surface area is 110 Å². The third-order valence-corrected chi connectivity index (χ3v) is 4.04. The van der Waals surface area contributed by atoms with Crippen LogP contribution in [0.3, 0.4) is 0 Å². The van der Waals surface area contributed by atoms with Gasteiger partial charge in [0.1, 0.15) is 0 Å². The number of benzene rings is 1. The molecule has 1 N–H and O–H groups in total. The van der Waals surface area contributed by atoms with Gasteiger partial charge in [-0.2, -0.15) is 0 Å². The van der Waals surface area contributed by atoms with Gasteiger partial charge in [0.25, 0.3) is 0 Å². The van der Waals surface area contributed by atoms with Gasteiger partial charge in [-0.05, 0) is 48.3 Å². The van der Waals surface area contributed by atoms with Crippen LogP contribution in [0.25, 0.3) is 0 Å². The van der Waals surface area contributed by atoms with Crippen LogP contribution in [0, 0.1) is 6.92 Å². The summed E-state index contributed by atoms with van der Waals surface area (Å²) >= 11 is 5.78. The SMILES string of the molecule is Cc1cc(CCCCl)cc2c1NCCC2(C)C. The summed E-state index contributed by atoms with van der Waals surface area (Å²) in [4.78, 5) is 0. The zero-order valence-corrected chi connectivity index (χ0v) is 11.8. The first kappa shape index (κ1) is 12.8. The van der Waals surface area contributed by atoms with E-state index in [4.69, 9.17) is 11.6 Å². The van der Waals surface area contributed by atoms with E-state index in [1.54, 1.807) is 0 Å². The second kappa shape index (κ2) is 4.89. The van der Waals surface area contributed by atoms with Crippen molar-refractivity contribution >= 4 is 17.3 Å². The fourth-order valence-electron chi connectivity index (χ4n) is 2.68. The molecule has 0 radical (unpaired) electrons. The normalized spacial score (nSPS) is 17.4. The molecule has 0 bridgehead atoms. The molecule has 0 unspecified atom stereocenters. The van der Waals surface area contributed by atoms with Crippen molar-refractivity contribution in [3.05, 3.63) is 28.8 Å². The summed E-state index contributed by atoms with van der Waals surface area (Å²) in [6.45, 7) is 7.98. The lowest BCUT2D eigenvalue weighted by Gasteiger charge is -2.35. The lowest BCUT2D eigenvalue weighted by molar-refractivity contribution is 0.481. The minimum atomic E-state index is 0.294. The zero-order valence-electron chi connectivity index (χ0n) is 11.1. The molecule has 0 saturated heterocycles. The molecule has 1 heterocycles. The van der Waals surface area contributed by atoms with E-state index in [0.717, 1.165) is 25.3 Å². The highest BCUT2D eigenvalue weighted by atomic mass is 35.5. The van der Waals surface area contributed by atoms with Crippen molar-refractivity contribution in [2.24, 2.45) is 0 Å². The van der Waals surface area contributed by atoms with Gasteiger partial charge in [0.15, 0.2) is 0 Å². The number of anilines is 1. The minimum absolute atomic E-state index is 0.294. The molecule has 0 spiro atoms. The molecule has 2 heteroatoms. The maximum atomic E-state index is 5.78. The van der Waals surface area contributed by atoms with E-state index < -0.39 is 0 Å². The second-order valence-corrected chi connectivity index (χ2v) is 6.07. The molecule has 1 aromatic carbocycles. The summed E-state index contributed by atoms with van der Waals surface area (Å²) in [7, 11) is 0. The van der Waals surface area contributed by atoms with Crippen LogP contribution < -0.4 is 5.32 Å². The Kier molecular flexibility index (Phi) is 3.67. The summed E-state index contributed by atoms with van der Waals surface area (Å²) in [5.41, 5.74) is 5.94. The predicted molar refractivity (Wildman–Crippen MR) is 76.4 cm³/mol. The van der Waals surface area contributed by atoms with E-state index in [9.17, 15) is 0 Å². The quantitative estimate of drug-likeness (QED) is 0.792. The molecule has 0 aliphatic carbocycles.